The molecule has 1 aromatic carbocycles. The largest absolute Gasteiger partial charge is 0.397 e. The fraction of sp³-hybridized carbons (Fsp3) is 0.533. The number of carbonyl (C=O) groups is 1. The molecule has 0 atom stereocenters. The van der Waals surface area contributed by atoms with E-state index < -0.39 is 0 Å². The summed E-state index contributed by atoms with van der Waals surface area (Å²) in [6.07, 6.45) is 2.07. The van der Waals surface area contributed by atoms with Crippen molar-refractivity contribution in [2.45, 2.75) is 19.8 Å². The highest BCUT2D eigenvalue weighted by Crippen LogP contribution is 2.31. The first-order valence-corrected chi connectivity index (χ1v) is 6.97. The summed E-state index contributed by atoms with van der Waals surface area (Å²) < 4.78 is 5.40. The van der Waals surface area contributed by atoms with Gasteiger partial charge in [-0.15, -0.1) is 0 Å². The predicted molar refractivity (Wildman–Crippen MR) is 80.9 cm³/mol. The minimum absolute atomic E-state index is 0.106. The summed E-state index contributed by atoms with van der Waals surface area (Å²) in [5, 5.41) is 6.00. The van der Waals surface area contributed by atoms with Crippen LogP contribution in [-0.4, -0.2) is 32.7 Å². The number of carbonyl (C=O) groups excluding carboxylic acids is 1. The van der Waals surface area contributed by atoms with Gasteiger partial charge in [-0.2, -0.15) is 0 Å². The normalized spacial score (nSPS) is 17.5. The van der Waals surface area contributed by atoms with Gasteiger partial charge in [0.2, 0.25) is 0 Å². The van der Waals surface area contributed by atoms with Crippen molar-refractivity contribution in [2.75, 3.05) is 37.9 Å². The molecule has 0 spiro atoms. The molecule has 1 aliphatic heterocycles. The number of rotatable bonds is 4. The second-order valence-corrected chi connectivity index (χ2v) is 5.66. The average Bonchev–Trinajstić information content (AvgIpc) is 2.46. The van der Waals surface area contributed by atoms with E-state index in [-0.39, 0.29) is 11.3 Å². The molecule has 0 radical (unpaired) electrons. The first kappa shape index (κ1) is 14.7. The summed E-state index contributed by atoms with van der Waals surface area (Å²) in [5.41, 5.74) is 8.28. The van der Waals surface area contributed by atoms with Crippen molar-refractivity contribution in [2.24, 2.45) is 5.41 Å². The van der Waals surface area contributed by atoms with Crippen molar-refractivity contribution in [3.63, 3.8) is 0 Å². The maximum atomic E-state index is 11.6. The molecule has 0 aromatic heterocycles. The summed E-state index contributed by atoms with van der Waals surface area (Å²) in [7, 11) is 1.62. The van der Waals surface area contributed by atoms with Gasteiger partial charge in [0.25, 0.3) is 5.91 Å². The first-order valence-electron chi connectivity index (χ1n) is 6.97. The second-order valence-electron chi connectivity index (χ2n) is 5.66. The fourth-order valence-corrected chi connectivity index (χ4v) is 2.34. The summed E-state index contributed by atoms with van der Waals surface area (Å²) in [6, 6.07) is 5.30. The second kappa shape index (κ2) is 6.13. The molecule has 0 bridgehead atoms. The number of nitrogen functional groups attached to an aromatic ring is 1. The van der Waals surface area contributed by atoms with Crippen LogP contribution in [0.3, 0.4) is 0 Å². The Kier molecular flexibility index (Phi) is 4.49. The lowest BCUT2D eigenvalue weighted by Gasteiger charge is -2.34. The van der Waals surface area contributed by atoms with Crippen LogP contribution >= 0.6 is 0 Å². The van der Waals surface area contributed by atoms with Crippen LogP contribution < -0.4 is 16.4 Å². The number of amides is 1. The van der Waals surface area contributed by atoms with E-state index in [1.807, 2.05) is 0 Å². The zero-order chi connectivity index (χ0) is 14.6. The monoisotopic (exact) mass is 277 g/mol. The Bertz CT molecular complexity index is 482. The quantitative estimate of drug-likeness (QED) is 0.734. The number of hydrogen-bond acceptors (Lipinski definition) is 4. The zero-order valence-electron chi connectivity index (χ0n) is 12.2. The molecule has 0 saturated carbocycles. The van der Waals surface area contributed by atoms with E-state index in [1.54, 1.807) is 25.2 Å². The maximum Gasteiger partial charge on any atom is 0.251 e. The Balaban J connectivity index is 2.06. The van der Waals surface area contributed by atoms with Gasteiger partial charge in [-0.3, -0.25) is 4.79 Å². The third-order valence-electron chi connectivity index (χ3n) is 3.95. The van der Waals surface area contributed by atoms with Crippen molar-refractivity contribution in [1.29, 1.82) is 0 Å². The minimum Gasteiger partial charge on any atom is -0.397 e. The van der Waals surface area contributed by atoms with E-state index >= 15 is 0 Å². The Labute approximate surface area is 119 Å². The Morgan fingerprint density at radius 2 is 2.10 bits per heavy atom. The number of nitrogens with one attached hydrogen (secondary N) is 2. The average molecular weight is 277 g/mol. The summed E-state index contributed by atoms with van der Waals surface area (Å²) in [5.74, 6) is -0.106. The highest BCUT2D eigenvalue weighted by atomic mass is 16.5. The van der Waals surface area contributed by atoms with Crippen LogP contribution in [0.15, 0.2) is 18.2 Å². The van der Waals surface area contributed by atoms with Crippen LogP contribution in [0, 0.1) is 5.41 Å². The summed E-state index contributed by atoms with van der Waals surface area (Å²) in [4.78, 5) is 11.6. The molecule has 1 heterocycles. The van der Waals surface area contributed by atoms with E-state index in [0.29, 0.717) is 11.3 Å². The molecule has 2 rings (SSSR count). The maximum absolute atomic E-state index is 11.6. The number of benzene rings is 1. The molecular formula is C15H23N3O2. The SMILES string of the molecule is CNC(=O)c1ccc(N)c(NCC2(C)CCOCC2)c1. The van der Waals surface area contributed by atoms with Crippen molar-refractivity contribution < 1.29 is 9.53 Å². The molecule has 110 valence electrons. The van der Waals surface area contributed by atoms with E-state index in [2.05, 4.69) is 17.6 Å². The van der Waals surface area contributed by atoms with E-state index in [0.717, 1.165) is 38.3 Å². The van der Waals surface area contributed by atoms with Crippen LogP contribution in [0.4, 0.5) is 11.4 Å². The van der Waals surface area contributed by atoms with Crippen LogP contribution in [-0.2, 0) is 4.74 Å². The van der Waals surface area contributed by atoms with Gasteiger partial charge in [0.05, 0.1) is 11.4 Å². The fourth-order valence-electron chi connectivity index (χ4n) is 2.34. The molecule has 1 aromatic rings. The van der Waals surface area contributed by atoms with Crippen molar-refractivity contribution in [3.05, 3.63) is 23.8 Å². The minimum atomic E-state index is -0.106. The molecule has 0 unspecified atom stereocenters. The van der Waals surface area contributed by atoms with Gasteiger partial charge < -0.3 is 21.1 Å². The van der Waals surface area contributed by atoms with Gasteiger partial charge in [0, 0.05) is 32.4 Å². The number of nitrogens with two attached hydrogens (primary N) is 1. The smallest absolute Gasteiger partial charge is 0.251 e. The van der Waals surface area contributed by atoms with Gasteiger partial charge in [0.15, 0.2) is 0 Å². The van der Waals surface area contributed by atoms with Gasteiger partial charge in [0.1, 0.15) is 0 Å². The topological polar surface area (TPSA) is 76.4 Å². The van der Waals surface area contributed by atoms with Crippen LogP contribution in [0.5, 0.6) is 0 Å². The lowest BCUT2D eigenvalue weighted by atomic mass is 9.82. The molecule has 1 aliphatic rings. The van der Waals surface area contributed by atoms with Gasteiger partial charge >= 0.3 is 0 Å². The highest BCUT2D eigenvalue weighted by Gasteiger charge is 2.27. The van der Waals surface area contributed by atoms with Gasteiger partial charge in [-0.1, -0.05) is 6.92 Å². The Hall–Kier alpha value is -1.75. The molecular weight excluding hydrogens is 254 g/mol. The van der Waals surface area contributed by atoms with E-state index in [4.69, 9.17) is 10.5 Å². The zero-order valence-corrected chi connectivity index (χ0v) is 12.2. The van der Waals surface area contributed by atoms with E-state index in [9.17, 15) is 4.79 Å². The van der Waals surface area contributed by atoms with Crippen LogP contribution in [0.2, 0.25) is 0 Å². The summed E-state index contributed by atoms with van der Waals surface area (Å²) >= 11 is 0. The van der Waals surface area contributed by atoms with Gasteiger partial charge in [-0.25, -0.2) is 0 Å². The molecule has 1 saturated heterocycles. The van der Waals surface area contributed by atoms with Crippen molar-refractivity contribution >= 4 is 17.3 Å². The molecule has 1 fully saturated rings. The predicted octanol–water partition coefficient (Wildman–Crippen LogP) is 1.86. The third kappa shape index (κ3) is 3.42. The number of anilines is 2. The number of ether oxygens (including phenoxy) is 1. The lowest BCUT2D eigenvalue weighted by Crippen LogP contribution is -2.33. The molecule has 4 N–H and O–H groups in total. The lowest BCUT2D eigenvalue weighted by molar-refractivity contribution is 0.0300. The molecule has 5 nitrogen and oxygen atoms in total. The number of hydrogen-bond donors (Lipinski definition) is 3. The summed E-state index contributed by atoms with van der Waals surface area (Å²) in [6.45, 7) is 4.71. The Morgan fingerprint density at radius 3 is 2.75 bits per heavy atom. The highest BCUT2D eigenvalue weighted by molar-refractivity contribution is 5.96. The third-order valence-corrected chi connectivity index (χ3v) is 3.95. The molecule has 5 heteroatoms. The van der Waals surface area contributed by atoms with Crippen LogP contribution in [0.1, 0.15) is 30.1 Å². The van der Waals surface area contributed by atoms with Crippen molar-refractivity contribution in [1.82, 2.24) is 5.32 Å². The Morgan fingerprint density at radius 1 is 1.40 bits per heavy atom. The molecule has 1 amide bonds. The molecule has 20 heavy (non-hydrogen) atoms. The van der Waals surface area contributed by atoms with Crippen molar-refractivity contribution in [3.8, 4) is 0 Å². The standard InChI is InChI=1S/C15H23N3O2/c1-15(5-7-20-8-6-15)10-18-13-9-11(14(19)17-2)3-4-12(13)16/h3-4,9,18H,5-8,10,16H2,1-2H3,(H,17,19). The van der Waals surface area contributed by atoms with Crippen LogP contribution in [0.25, 0.3) is 0 Å². The molecule has 0 aliphatic carbocycles. The first-order chi connectivity index (χ1) is 9.54. The van der Waals surface area contributed by atoms with E-state index in [1.165, 1.54) is 0 Å². The van der Waals surface area contributed by atoms with Gasteiger partial charge in [-0.05, 0) is 36.5 Å².